The number of rotatable bonds is 2. The van der Waals surface area contributed by atoms with Gasteiger partial charge in [-0.05, 0) is 17.7 Å². The maximum atomic E-state index is 12.6. The summed E-state index contributed by atoms with van der Waals surface area (Å²) >= 11 is 0. The molecule has 0 aliphatic rings. The molecule has 0 bridgehead atoms. The maximum absolute atomic E-state index is 12.6. The zero-order valence-electron chi connectivity index (χ0n) is 8.81. The molecule has 1 aromatic rings. The molecule has 0 spiro atoms. The van der Waals surface area contributed by atoms with Crippen molar-refractivity contribution in [3.8, 4) is 0 Å². The Labute approximate surface area is 98.0 Å². The highest BCUT2D eigenvalue weighted by atomic mass is 19.4. The van der Waals surface area contributed by atoms with E-state index in [-0.39, 0.29) is 0 Å². The van der Waals surface area contributed by atoms with Gasteiger partial charge in [-0.1, -0.05) is 6.07 Å². The third-order valence-electron chi connectivity index (χ3n) is 2.28. The third kappa shape index (κ3) is 2.94. The van der Waals surface area contributed by atoms with Gasteiger partial charge in [-0.25, -0.2) is 0 Å². The van der Waals surface area contributed by atoms with Gasteiger partial charge in [0.05, 0.1) is 23.8 Å². The van der Waals surface area contributed by atoms with E-state index >= 15 is 0 Å². The lowest BCUT2D eigenvalue weighted by atomic mass is 9.94. The highest BCUT2D eigenvalue weighted by Gasteiger charge is 2.41. The number of aliphatic hydroxyl groups is 1. The molecule has 18 heavy (non-hydrogen) atoms. The van der Waals surface area contributed by atoms with Crippen LogP contribution in [0.25, 0.3) is 0 Å². The van der Waals surface area contributed by atoms with Gasteiger partial charge in [0, 0.05) is 0 Å². The quantitative estimate of drug-likeness (QED) is 0.814. The van der Waals surface area contributed by atoms with Crippen molar-refractivity contribution in [2.45, 2.75) is 18.4 Å². The van der Waals surface area contributed by atoms with Crippen molar-refractivity contribution in [2.75, 3.05) is 6.61 Å². The number of aliphatic hydroxyl groups excluding tert-OH is 1. The van der Waals surface area contributed by atoms with Crippen LogP contribution < -0.4 is 5.73 Å². The van der Waals surface area contributed by atoms with Gasteiger partial charge in [0.25, 0.3) is 0 Å². The topological polar surface area (TPSA) is 46.2 Å². The summed E-state index contributed by atoms with van der Waals surface area (Å²) in [6.07, 6.45) is -9.94. The zero-order valence-corrected chi connectivity index (χ0v) is 8.81. The summed E-state index contributed by atoms with van der Waals surface area (Å²) in [7, 11) is 0. The van der Waals surface area contributed by atoms with Crippen molar-refractivity contribution in [1.29, 1.82) is 0 Å². The van der Waals surface area contributed by atoms with E-state index in [9.17, 15) is 26.3 Å². The summed E-state index contributed by atoms with van der Waals surface area (Å²) in [5.41, 5.74) is 1.03. The van der Waals surface area contributed by atoms with E-state index in [0.29, 0.717) is 18.2 Å². The summed E-state index contributed by atoms with van der Waals surface area (Å²) in [5.74, 6) is 0. The Morgan fingerprint density at radius 1 is 1.00 bits per heavy atom. The van der Waals surface area contributed by atoms with Gasteiger partial charge in [0.2, 0.25) is 0 Å². The van der Waals surface area contributed by atoms with E-state index < -0.39 is 41.7 Å². The predicted molar refractivity (Wildman–Crippen MR) is 50.5 cm³/mol. The lowest BCUT2D eigenvalue weighted by Crippen LogP contribution is -2.25. The zero-order chi connectivity index (χ0) is 14.1. The highest BCUT2D eigenvalue weighted by Crippen LogP contribution is 2.41. The lowest BCUT2D eigenvalue weighted by Gasteiger charge is -2.21. The third-order valence-corrected chi connectivity index (χ3v) is 2.28. The standard InChI is InChI=1S/C10H9F6NO/c11-9(12,13)5-2-1-3-6(10(14,15)16)8(5)7(17)4-18/h1-3,7,18H,4,17H2/t7-/m1/s1. The van der Waals surface area contributed by atoms with Gasteiger partial charge in [-0.15, -0.1) is 0 Å². The Bertz CT molecular complexity index is 393. The van der Waals surface area contributed by atoms with Gasteiger partial charge in [0.15, 0.2) is 0 Å². The SMILES string of the molecule is N[C@H](CO)c1c(C(F)(F)F)cccc1C(F)(F)F. The lowest BCUT2D eigenvalue weighted by molar-refractivity contribution is -0.144. The minimum atomic E-state index is -4.97. The van der Waals surface area contributed by atoms with Crippen molar-refractivity contribution in [1.82, 2.24) is 0 Å². The van der Waals surface area contributed by atoms with Crippen molar-refractivity contribution in [3.63, 3.8) is 0 Å². The second-order valence-corrected chi connectivity index (χ2v) is 3.55. The van der Waals surface area contributed by atoms with E-state index in [2.05, 4.69) is 0 Å². The molecule has 102 valence electrons. The van der Waals surface area contributed by atoms with Gasteiger partial charge < -0.3 is 10.8 Å². The van der Waals surface area contributed by atoms with Crippen LogP contribution in [0.5, 0.6) is 0 Å². The average molecular weight is 273 g/mol. The van der Waals surface area contributed by atoms with E-state index in [0.717, 1.165) is 0 Å². The predicted octanol–water partition coefficient (Wildman–Crippen LogP) is 2.72. The molecule has 0 fully saturated rings. The van der Waals surface area contributed by atoms with Crippen molar-refractivity contribution >= 4 is 0 Å². The fourth-order valence-corrected chi connectivity index (χ4v) is 1.55. The number of halogens is 6. The van der Waals surface area contributed by atoms with Gasteiger partial charge >= 0.3 is 12.4 Å². The van der Waals surface area contributed by atoms with Crippen molar-refractivity contribution in [2.24, 2.45) is 5.73 Å². The molecule has 1 rings (SSSR count). The molecule has 3 N–H and O–H groups in total. The molecule has 8 heteroatoms. The van der Waals surface area contributed by atoms with Crippen LogP contribution in [-0.2, 0) is 12.4 Å². The molecule has 0 saturated carbocycles. The fraction of sp³-hybridized carbons (Fsp3) is 0.400. The summed E-state index contributed by atoms with van der Waals surface area (Å²) in [5, 5.41) is 8.71. The molecule has 2 nitrogen and oxygen atoms in total. The summed E-state index contributed by atoms with van der Waals surface area (Å²) in [6.45, 7) is -1.02. The van der Waals surface area contributed by atoms with E-state index in [4.69, 9.17) is 10.8 Å². The van der Waals surface area contributed by atoms with Crippen LogP contribution in [-0.4, -0.2) is 11.7 Å². The van der Waals surface area contributed by atoms with Crippen LogP contribution in [0.2, 0.25) is 0 Å². The van der Waals surface area contributed by atoms with Gasteiger partial charge in [-0.3, -0.25) is 0 Å². The second kappa shape index (κ2) is 4.77. The molecular weight excluding hydrogens is 264 g/mol. The smallest absolute Gasteiger partial charge is 0.394 e. The highest BCUT2D eigenvalue weighted by molar-refractivity contribution is 5.41. The number of hydrogen-bond acceptors (Lipinski definition) is 2. The molecule has 0 aromatic heterocycles. The summed E-state index contributed by atoms with van der Waals surface area (Å²) < 4.78 is 75.7. The minimum absolute atomic E-state index is 0.500. The molecule has 0 saturated heterocycles. The Balaban J connectivity index is 3.56. The Morgan fingerprint density at radius 3 is 1.67 bits per heavy atom. The van der Waals surface area contributed by atoms with Crippen LogP contribution in [0.15, 0.2) is 18.2 Å². The fourth-order valence-electron chi connectivity index (χ4n) is 1.55. The first-order chi connectivity index (χ1) is 8.09. The van der Waals surface area contributed by atoms with Crippen LogP contribution in [0, 0.1) is 0 Å². The minimum Gasteiger partial charge on any atom is -0.394 e. The number of nitrogens with two attached hydrogens (primary N) is 1. The van der Waals surface area contributed by atoms with E-state index in [1.807, 2.05) is 0 Å². The maximum Gasteiger partial charge on any atom is 0.416 e. The van der Waals surface area contributed by atoms with Crippen LogP contribution in [0.1, 0.15) is 22.7 Å². The molecule has 0 aliphatic heterocycles. The van der Waals surface area contributed by atoms with E-state index in [1.54, 1.807) is 0 Å². The molecule has 1 atom stereocenters. The van der Waals surface area contributed by atoms with Crippen molar-refractivity contribution < 1.29 is 31.4 Å². The number of hydrogen-bond donors (Lipinski definition) is 2. The monoisotopic (exact) mass is 273 g/mol. The average Bonchev–Trinajstić information content (AvgIpc) is 2.24. The van der Waals surface area contributed by atoms with Crippen LogP contribution in [0.4, 0.5) is 26.3 Å². The van der Waals surface area contributed by atoms with Gasteiger partial charge in [0.1, 0.15) is 0 Å². The summed E-state index contributed by atoms with van der Waals surface area (Å²) in [6, 6.07) is -0.0983. The molecule has 0 aliphatic carbocycles. The Morgan fingerprint density at radius 2 is 1.39 bits per heavy atom. The molecule has 0 amide bonds. The van der Waals surface area contributed by atoms with E-state index in [1.165, 1.54) is 0 Å². The normalized spacial score (nSPS) is 14.7. The van der Waals surface area contributed by atoms with Crippen LogP contribution >= 0.6 is 0 Å². The molecule has 0 heterocycles. The first-order valence-electron chi connectivity index (χ1n) is 4.72. The van der Waals surface area contributed by atoms with Crippen LogP contribution in [0.3, 0.4) is 0 Å². The molecule has 0 radical (unpaired) electrons. The molecular formula is C10H9F6NO. The number of alkyl halides is 6. The second-order valence-electron chi connectivity index (χ2n) is 3.55. The number of benzene rings is 1. The first-order valence-corrected chi connectivity index (χ1v) is 4.72. The molecule has 0 unspecified atom stereocenters. The molecule has 1 aromatic carbocycles. The summed E-state index contributed by atoms with van der Waals surface area (Å²) in [4.78, 5) is 0. The Hall–Kier alpha value is -1.28. The van der Waals surface area contributed by atoms with Gasteiger partial charge in [-0.2, -0.15) is 26.3 Å². The first kappa shape index (κ1) is 14.8. The Kier molecular flexibility index (Phi) is 3.92. The largest absolute Gasteiger partial charge is 0.416 e. The van der Waals surface area contributed by atoms with Crippen molar-refractivity contribution in [3.05, 3.63) is 34.9 Å².